The van der Waals surface area contributed by atoms with Crippen molar-refractivity contribution in [2.75, 3.05) is 25.6 Å². The summed E-state index contributed by atoms with van der Waals surface area (Å²) in [6.07, 6.45) is 0. The van der Waals surface area contributed by atoms with Crippen LogP contribution in [0.1, 0.15) is 29.8 Å². The first-order valence-electron chi connectivity index (χ1n) is 6.12. The lowest BCUT2D eigenvalue weighted by molar-refractivity contribution is 0.0278. The molecule has 0 unspecified atom stereocenters. The van der Waals surface area contributed by atoms with Crippen LogP contribution in [0, 0.1) is 12.8 Å². The van der Waals surface area contributed by atoms with Crippen LogP contribution in [0.5, 0.6) is 0 Å². The zero-order valence-electron chi connectivity index (χ0n) is 11.2. The van der Waals surface area contributed by atoms with Gasteiger partial charge >= 0.3 is 5.97 Å². The third kappa shape index (κ3) is 4.37. The molecule has 0 fully saturated rings. The topological polar surface area (TPSA) is 61.5 Å². The maximum absolute atomic E-state index is 11.8. The molecule has 0 saturated heterocycles. The van der Waals surface area contributed by atoms with Crippen molar-refractivity contribution in [3.63, 3.8) is 0 Å². The fraction of sp³-hybridized carbons (Fsp3) is 0.500. The predicted molar refractivity (Wildman–Crippen MR) is 71.5 cm³/mol. The average molecular weight is 251 g/mol. The number of hydrogen-bond donors (Lipinski definition) is 1. The zero-order valence-corrected chi connectivity index (χ0v) is 11.2. The molecule has 0 saturated carbocycles. The normalized spacial score (nSPS) is 10.7. The van der Waals surface area contributed by atoms with Crippen LogP contribution in [0.4, 0.5) is 5.69 Å². The maximum Gasteiger partial charge on any atom is 0.340 e. The van der Waals surface area contributed by atoms with Gasteiger partial charge in [0.25, 0.3) is 0 Å². The van der Waals surface area contributed by atoms with Crippen LogP contribution in [0.3, 0.4) is 0 Å². The zero-order chi connectivity index (χ0) is 13.5. The molecule has 0 aliphatic heterocycles. The van der Waals surface area contributed by atoms with Gasteiger partial charge in [-0.3, -0.25) is 0 Å². The van der Waals surface area contributed by atoms with Gasteiger partial charge in [-0.1, -0.05) is 26.0 Å². The highest BCUT2D eigenvalue weighted by atomic mass is 16.6. The summed E-state index contributed by atoms with van der Waals surface area (Å²) in [6, 6.07) is 5.31. The van der Waals surface area contributed by atoms with Crippen LogP contribution < -0.4 is 5.73 Å². The van der Waals surface area contributed by atoms with Crippen molar-refractivity contribution in [2.24, 2.45) is 5.92 Å². The molecule has 0 aromatic heterocycles. The smallest absolute Gasteiger partial charge is 0.340 e. The highest BCUT2D eigenvalue weighted by molar-refractivity contribution is 5.95. The van der Waals surface area contributed by atoms with E-state index in [0.717, 1.165) is 5.56 Å². The van der Waals surface area contributed by atoms with Crippen molar-refractivity contribution in [3.8, 4) is 0 Å². The van der Waals surface area contributed by atoms with Crippen LogP contribution in [0.15, 0.2) is 18.2 Å². The lowest BCUT2D eigenvalue weighted by atomic mass is 10.1. The predicted octanol–water partition coefficient (Wildman–Crippen LogP) is 2.41. The van der Waals surface area contributed by atoms with E-state index in [1.807, 2.05) is 13.0 Å². The molecule has 1 aromatic rings. The fourth-order valence-corrected chi connectivity index (χ4v) is 1.45. The van der Waals surface area contributed by atoms with Gasteiger partial charge in [-0.25, -0.2) is 4.79 Å². The molecule has 1 rings (SSSR count). The summed E-state index contributed by atoms with van der Waals surface area (Å²) in [7, 11) is 0. The minimum atomic E-state index is -0.399. The number of anilines is 1. The van der Waals surface area contributed by atoms with E-state index in [-0.39, 0.29) is 6.61 Å². The molecule has 4 heteroatoms. The van der Waals surface area contributed by atoms with Crippen molar-refractivity contribution in [1.29, 1.82) is 0 Å². The number of nitrogen functional groups attached to an aromatic ring is 1. The molecule has 18 heavy (non-hydrogen) atoms. The second kappa shape index (κ2) is 7.01. The van der Waals surface area contributed by atoms with Gasteiger partial charge in [0, 0.05) is 12.3 Å². The first-order chi connectivity index (χ1) is 8.52. The number of aryl methyl sites for hydroxylation is 1. The number of hydrogen-bond acceptors (Lipinski definition) is 4. The maximum atomic E-state index is 11.8. The Labute approximate surface area is 108 Å². The summed E-state index contributed by atoms with van der Waals surface area (Å²) in [5.41, 5.74) is 7.59. The summed E-state index contributed by atoms with van der Waals surface area (Å²) in [6.45, 7) is 7.33. The molecule has 0 heterocycles. The highest BCUT2D eigenvalue weighted by Crippen LogP contribution is 2.17. The molecular weight excluding hydrogens is 230 g/mol. The molecule has 0 atom stereocenters. The number of rotatable bonds is 6. The molecule has 100 valence electrons. The second-order valence-corrected chi connectivity index (χ2v) is 4.64. The minimum Gasteiger partial charge on any atom is -0.460 e. The summed E-state index contributed by atoms with van der Waals surface area (Å²) in [4.78, 5) is 11.8. The van der Waals surface area contributed by atoms with Crippen LogP contribution in [-0.2, 0) is 9.47 Å². The SMILES string of the molecule is Cc1cccc(C(=O)OCCOCC(C)C)c1N. The molecule has 4 nitrogen and oxygen atoms in total. The van der Waals surface area contributed by atoms with Crippen LogP contribution in [0.2, 0.25) is 0 Å². The Balaban J connectivity index is 2.39. The van der Waals surface area contributed by atoms with Gasteiger partial charge in [0.2, 0.25) is 0 Å². The number of carbonyl (C=O) groups excluding carboxylic acids is 1. The van der Waals surface area contributed by atoms with E-state index in [9.17, 15) is 4.79 Å². The number of esters is 1. The van der Waals surface area contributed by atoms with Crippen molar-refractivity contribution in [3.05, 3.63) is 29.3 Å². The third-order valence-corrected chi connectivity index (χ3v) is 2.46. The Morgan fingerprint density at radius 2 is 2.06 bits per heavy atom. The first-order valence-corrected chi connectivity index (χ1v) is 6.12. The Bertz CT molecular complexity index is 402. The van der Waals surface area contributed by atoms with Crippen molar-refractivity contribution >= 4 is 11.7 Å². The number of benzene rings is 1. The van der Waals surface area contributed by atoms with Crippen LogP contribution in [0.25, 0.3) is 0 Å². The van der Waals surface area contributed by atoms with Crippen molar-refractivity contribution < 1.29 is 14.3 Å². The van der Waals surface area contributed by atoms with Gasteiger partial charge in [0.1, 0.15) is 6.61 Å². The summed E-state index contributed by atoms with van der Waals surface area (Å²) >= 11 is 0. The summed E-state index contributed by atoms with van der Waals surface area (Å²) in [5, 5.41) is 0. The Hall–Kier alpha value is -1.55. The van der Waals surface area contributed by atoms with E-state index in [4.69, 9.17) is 15.2 Å². The van der Waals surface area contributed by atoms with Gasteiger partial charge in [-0.15, -0.1) is 0 Å². The van der Waals surface area contributed by atoms with E-state index in [1.54, 1.807) is 12.1 Å². The molecule has 0 aliphatic carbocycles. The monoisotopic (exact) mass is 251 g/mol. The number of nitrogens with two attached hydrogens (primary N) is 1. The molecule has 0 spiro atoms. The standard InChI is InChI=1S/C14H21NO3/c1-10(2)9-17-7-8-18-14(16)12-6-4-5-11(3)13(12)15/h4-6,10H,7-9,15H2,1-3H3. The Morgan fingerprint density at radius 3 is 2.72 bits per heavy atom. The van der Waals surface area contributed by atoms with Crippen LogP contribution in [-0.4, -0.2) is 25.8 Å². The molecule has 1 aromatic carbocycles. The van der Waals surface area contributed by atoms with E-state index in [2.05, 4.69) is 13.8 Å². The molecule has 0 amide bonds. The Kier molecular flexibility index (Phi) is 5.65. The van der Waals surface area contributed by atoms with E-state index < -0.39 is 5.97 Å². The van der Waals surface area contributed by atoms with Gasteiger partial charge < -0.3 is 15.2 Å². The van der Waals surface area contributed by atoms with E-state index in [0.29, 0.717) is 30.4 Å². The first kappa shape index (κ1) is 14.5. The number of ether oxygens (including phenoxy) is 2. The van der Waals surface area contributed by atoms with E-state index >= 15 is 0 Å². The van der Waals surface area contributed by atoms with Gasteiger partial charge in [0.05, 0.1) is 12.2 Å². The van der Waals surface area contributed by atoms with Gasteiger partial charge in [-0.2, -0.15) is 0 Å². The Morgan fingerprint density at radius 1 is 1.33 bits per heavy atom. The highest BCUT2D eigenvalue weighted by Gasteiger charge is 2.11. The summed E-state index contributed by atoms with van der Waals surface area (Å²) < 4.78 is 10.4. The van der Waals surface area contributed by atoms with E-state index in [1.165, 1.54) is 0 Å². The molecule has 0 aliphatic rings. The molecule has 0 radical (unpaired) electrons. The number of carbonyl (C=O) groups is 1. The fourth-order valence-electron chi connectivity index (χ4n) is 1.45. The van der Waals surface area contributed by atoms with Crippen molar-refractivity contribution in [1.82, 2.24) is 0 Å². The van der Waals surface area contributed by atoms with Crippen molar-refractivity contribution in [2.45, 2.75) is 20.8 Å². The molecule has 2 N–H and O–H groups in total. The lowest BCUT2D eigenvalue weighted by Gasteiger charge is -2.09. The lowest BCUT2D eigenvalue weighted by Crippen LogP contribution is -2.14. The van der Waals surface area contributed by atoms with Gasteiger partial charge in [0.15, 0.2) is 0 Å². The largest absolute Gasteiger partial charge is 0.460 e. The summed E-state index contributed by atoms with van der Waals surface area (Å²) in [5.74, 6) is 0.0810. The third-order valence-electron chi connectivity index (χ3n) is 2.46. The quantitative estimate of drug-likeness (QED) is 0.479. The minimum absolute atomic E-state index is 0.249. The average Bonchev–Trinajstić information content (AvgIpc) is 2.31. The molecule has 0 bridgehead atoms. The van der Waals surface area contributed by atoms with Crippen LogP contribution >= 0.6 is 0 Å². The molecular formula is C14H21NO3. The number of para-hydroxylation sites is 1. The second-order valence-electron chi connectivity index (χ2n) is 4.64. The van der Waals surface area contributed by atoms with Gasteiger partial charge in [-0.05, 0) is 24.5 Å².